The summed E-state index contributed by atoms with van der Waals surface area (Å²) in [7, 11) is 5.03. The van der Waals surface area contributed by atoms with Gasteiger partial charge in [0.2, 0.25) is 0 Å². The van der Waals surface area contributed by atoms with Crippen molar-refractivity contribution in [2.24, 2.45) is 0 Å². The molecule has 3 rings (SSSR count). The van der Waals surface area contributed by atoms with Gasteiger partial charge in [0.15, 0.2) is 0 Å². The number of amides is 2. The van der Waals surface area contributed by atoms with E-state index in [1.165, 1.54) is 4.90 Å². The highest BCUT2D eigenvalue weighted by atomic mass is 16.5. The second kappa shape index (κ2) is 8.22. The molecule has 0 radical (unpaired) electrons. The molecule has 0 spiro atoms. The second-order valence-electron chi connectivity index (χ2n) is 6.74. The standard InChI is InChI=1S/C21H25N3O3/c1-23(2)20(25)15-7-6-8-16(13-15)21(26)24-12-11-22-14-18(24)17-9-4-5-10-19(17)27-3/h4-10,13,18,22H,11-12,14H2,1-3H3. The minimum Gasteiger partial charge on any atom is -0.496 e. The maximum Gasteiger partial charge on any atom is 0.254 e. The molecule has 0 saturated carbocycles. The first-order valence-electron chi connectivity index (χ1n) is 8.99. The molecule has 1 N–H and O–H groups in total. The Labute approximate surface area is 159 Å². The number of benzene rings is 2. The van der Waals surface area contributed by atoms with Crippen LogP contribution in [0.25, 0.3) is 0 Å². The summed E-state index contributed by atoms with van der Waals surface area (Å²) in [5.74, 6) is 0.563. The summed E-state index contributed by atoms with van der Waals surface area (Å²) in [6.07, 6.45) is 0. The minimum atomic E-state index is -0.129. The summed E-state index contributed by atoms with van der Waals surface area (Å²) >= 11 is 0. The van der Waals surface area contributed by atoms with E-state index in [0.717, 1.165) is 17.9 Å². The number of piperazine rings is 1. The predicted octanol–water partition coefficient (Wildman–Crippen LogP) is 2.18. The fourth-order valence-electron chi connectivity index (χ4n) is 3.38. The first-order chi connectivity index (χ1) is 13.0. The normalized spacial score (nSPS) is 16.7. The average Bonchev–Trinajstić information content (AvgIpc) is 2.72. The molecule has 1 heterocycles. The average molecular weight is 367 g/mol. The smallest absolute Gasteiger partial charge is 0.254 e. The highest BCUT2D eigenvalue weighted by Crippen LogP contribution is 2.31. The quantitative estimate of drug-likeness (QED) is 0.900. The number of nitrogens with zero attached hydrogens (tertiary/aromatic N) is 2. The Morgan fingerprint density at radius 3 is 2.59 bits per heavy atom. The number of para-hydroxylation sites is 1. The van der Waals surface area contributed by atoms with Crippen LogP contribution in [0, 0.1) is 0 Å². The third-order valence-corrected chi connectivity index (χ3v) is 4.76. The van der Waals surface area contributed by atoms with Crippen LogP contribution in [0.15, 0.2) is 48.5 Å². The van der Waals surface area contributed by atoms with Crippen molar-refractivity contribution in [1.82, 2.24) is 15.1 Å². The van der Waals surface area contributed by atoms with Crippen LogP contribution in [0.5, 0.6) is 5.75 Å². The summed E-state index contributed by atoms with van der Waals surface area (Å²) in [6, 6.07) is 14.6. The molecule has 1 unspecified atom stereocenters. The maximum absolute atomic E-state index is 13.3. The van der Waals surface area contributed by atoms with E-state index in [2.05, 4.69) is 5.32 Å². The van der Waals surface area contributed by atoms with Gasteiger partial charge in [-0.15, -0.1) is 0 Å². The fraction of sp³-hybridized carbons (Fsp3) is 0.333. The van der Waals surface area contributed by atoms with Crippen LogP contribution in [-0.2, 0) is 0 Å². The van der Waals surface area contributed by atoms with Crippen LogP contribution in [0.2, 0.25) is 0 Å². The molecule has 0 bridgehead atoms. The molecule has 1 saturated heterocycles. The van der Waals surface area contributed by atoms with E-state index >= 15 is 0 Å². The van der Waals surface area contributed by atoms with Crippen molar-refractivity contribution in [3.8, 4) is 5.75 Å². The van der Waals surface area contributed by atoms with Gasteiger partial charge in [0.05, 0.1) is 13.2 Å². The van der Waals surface area contributed by atoms with E-state index in [-0.39, 0.29) is 17.9 Å². The van der Waals surface area contributed by atoms with Gasteiger partial charge >= 0.3 is 0 Å². The van der Waals surface area contributed by atoms with Gasteiger partial charge in [-0.2, -0.15) is 0 Å². The zero-order chi connectivity index (χ0) is 19.4. The van der Waals surface area contributed by atoms with E-state index in [9.17, 15) is 9.59 Å². The lowest BCUT2D eigenvalue weighted by Crippen LogP contribution is -2.48. The van der Waals surface area contributed by atoms with Crippen LogP contribution < -0.4 is 10.1 Å². The molecule has 142 valence electrons. The third kappa shape index (κ3) is 3.95. The second-order valence-corrected chi connectivity index (χ2v) is 6.74. The third-order valence-electron chi connectivity index (χ3n) is 4.76. The Kier molecular flexibility index (Phi) is 5.76. The number of hydrogen-bond donors (Lipinski definition) is 1. The zero-order valence-corrected chi connectivity index (χ0v) is 15.9. The number of carbonyl (C=O) groups is 2. The van der Waals surface area contributed by atoms with Crippen LogP contribution in [0.1, 0.15) is 32.3 Å². The first-order valence-corrected chi connectivity index (χ1v) is 8.99. The van der Waals surface area contributed by atoms with E-state index < -0.39 is 0 Å². The predicted molar refractivity (Wildman–Crippen MR) is 104 cm³/mol. The van der Waals surface area contributed by atoms with Crippen molar-refractivity contribution in [2.45, 2.75) is 6.04 Å². The van der Waals surface area contributed by atoms with Gasteiger partial charge in [-0.05, 0) is 24.3 Å². The van der Waals surface area contributed by atoms with E-state index in [4.69, 9.17) is 4.74 Å². The Balaban J connectivity index is 1.92. The molecule has 2 aromatic carbocycles. The summed E-state index contributed by atoms with van der Waals surface area (Å²) < 4.78 is 5.49. The SMILES string of the molecule is COc1ccccc1C1CNCCN1C(=O)c1cccc(C(=O)N(C)C)c1. The summed E-state index contributed by atoms with van der Waals surface area (Å²) in [5, 5.41) is 3.36. The number of hydrogen-bond acceptors (Lipinski definition) is 4. The Morgan fingerprint density at radius 2 is 1.85 bits per heavy atom. The van der Waals surface area contributed by atoms with Gasteiger partial charge in [-0.25, -0.2) is 0 Å². The van der Waals surface area contributed by atoms with Crippen molar-refractivity contribution in [2.75, 3.05) is 40.8 Å². The van der Waals surface area contributed by atoms with Gasteiger partial charge in [0.25, 0.3) is 11.8 Å². The van der Waals surface area contributed by atoms with Gasteiger partial charge in [-0.3, -0.25) is 9.59 Å². The topological polar surface area (TPSA) is 61.9 Å². The number of ether oxygens (including phenoxy) is 1. The Hall–Kier alpha value is -2.86. The lowest BCUT2D eigenvalue weighted by atomic mass is 10.00. The van der Waals surface area contributed by atoms with Crippen molar-refractivity contribution in [1.29, 1.82) is 0 Å². The fourth-order valence-corrected chi connectivity index (χ4v) is 3.38. The maximum atomic E-state index is 13.3. The molecule has 2 aromatic rings. The molecule has 27 heavy (non-hydrogen) atoms. The number of carbonyl (C=O) groups excluding carboxylic acids is 2. The molecule has 1 fully saturated rings. The largest absolute Gasteiger partial charge is 0.496 e. The van der Waals surface area contributed by atoms with Gasteiger partial charge in [0.1, 0.15) is 5.75 Å². The van der Waals surface area contributed by atoms with Crippen molar-refractivity contribution < 1.29 is 14.3 Å². The van der Waals surface area contributed by atoms with E-state index in [1.807, 2.05) is 29.2 Å². The van der Waals surface area contributed by atoms with Crippen molar-refractivity contribution in [3.05, 3.63) is 65.2 Å². The Bertz CT molecular complexity index is 835. The van der Waals surface area contributed by atoms with Gasteiger partial charge in [-0.1, -0.05) is 24.3 Å². The highest BCUT2D eigenvalue weighted by Gasteiger charge is 2.30. The molecular weight excluding hydrogens is 342 g/mol. The van der Waals surface area contributed by atoms with Gasteiger partial charge < -0.3 is 19.9 Å². The molecule has 1 aliphatic heterocycles. The number of nitrogens with one attached hydrogen (secondary N) is 1. The molecule has 6 nitrogen and oxygen atoms in total. The molecule has 6 heteroatoms. The first kappa shape index (κ1) is 18.9. The van der Waals surface area contributed by atoms with E-state index in [1.54, 1.807) is 45.5 Å². The monoisotopic (exact) mass is 367 g/mol. The van der Waals surface area contributed by atoms with Crippen molar-refractivity contribution in [3.63, 3.8) is 0 Å². The van der Waals surface area contributed by atoms with Crippen LogP contribution >= 0.6 is 0 Å². The summed E-state index contributed by atoms with van der Waals surface area (Å²) in [4.78, 5) is 28.9. The summed E-state index contributed by atoms with van der Waals surface area (Å²) in [6.45, 7) is 1.98. The minimum absolute atomic E-state index is 0.0826. The van der Waals surface area contributed by atoms with Crippen LogP contribution in [0.3, 0.4) is 0 Å². The zero-order valence-electron chi connectivity index (χ0n) is 15.9. The highest BCUT2D eigenvalue weighted by molar-refractivity contribution is 5.99. The van der Waals surface area contributed by atoms with Crippen molar-refractivity contribution >= 4 is 11.8 Å². The molecular formula is C21H25N3O3. The lowest BCUT2D eigenvalue weighted by Gasteiger charge is -2.37. The molecule has 2 amide bonds. The molecule has 1 aliphatic rings. The molecule has 0 aromatic heterocycles. The van der Waals surface area contributed by atoms with Crippen LogP contribution in [-0.4, -0.2) is 62.5 Å². The Morgan fingerprint density at radius 1 is 1.11 bits per heavy atom. The van der Waals surface area contributed by atoms with E-state index in [0.29, 0.717) is 24.2 Å². The lowest BCUT2D eigenvalue weighted by molar-refractivity contribution is 0.0631. The molecule has 1 atom stereocenters. The molecule has 0 aliphatic carbocycles. The van der Waals surface area contributed by atoms with Crippen LogP contribution in [0.4, 0.5) is 0 Å². The number of rotatable bonds is 4. The summed E-state index contributed by atoms with van der Waals surface area (Å²) in [5.41, 5.74) is 2.00. The number of methoxy groups -OCH3 is 1. The van der Waals surface area contributed by atoms with Gasteiger partial charge in [0, 0.05) is 50.4 Å².